The Labute approximate surface area is 90.5 Å². The third-order valence-electron chi connectivity index (χ3n) is 1.92. The minimum atomic E-state index is -0.191. The number of rotatable bonds is 0. The lowest BCUT2D eigenvalue weighted by atomic mass is 10.2. The Hall–Kier alpha value is -0.970. The Balaban J connectivity index is 2.58. The van der Waals surface area contributed by atoms with Gasteiger partial charge >= 0.3 is 0 Å². The van der Waals surface area contributed by atoms with E-state index in [-0.39, 0.29) is 12.5 Å². The lowest BCUT2D eigenvalue weighted by molar-refractivity contribution is -0.115. The molecule has 3 N–H and O–H groups in total. The smallest absolute Gasteiger partial charge is 0.245 e. The number of hydrazine groups is 1. The number of carbonyl (C=O) groups excluding carboxylic acids is 1. The molecule has 0 fully saturated rings. The van der Waals surface area contributed by atoms with Crippen molar-refractivity contribution in [2.75, 3.05) is 16.9 Å². The van der Waals surface area contributed by atoms with Gasteiger partial charge in [0.15, 0.2) is 0 Å². The molecule has 1 aliphatic heterocycles. The highest BCUT2D eigenvalue weighted by molar-refractivity contribution is 6.38. The van der Waals surface area contributed by atoms with Crippen molar-refractivity contribution < 1.29 is 4.79 Å². The number of nitrogens with one attached hydrogen (secondary N) is 1. The van der Waals surface area contributed by atoms with Gasteiger partial charge in [-0.1, -0.05) is 23.2 Å². The van der Waals surface area contributed by atoms with Gasteiger partial charge in [-0.3, -0.25) is 9.80 Å². The number of amides is 1. The molecule has 2 rings (SSSR count). The summed E-state index contributed by atoms with van der Waals surface area (Å²) in [6.07, 6.45) is 0. The average molecular weight is 232 g/mol. The van der Waals surface area contributed by atoms with E-state index in [2.05, 4.69) is 5.32 Å². The normalized spacial score (nSPS) is 15.1. The van der Waals surface area contributed by atoms with Gasteiger partial charge in [0.05, 0.1) is 16.4 Å². The Bertz CT molecular complexity index is 408. The molecule has 6 heteroatoms. The number of fused-ring (bicyclic) bond motifs is 1. The van der Waals surface area contributed by atoms with Crippen molar-refractivity contribution in [2.24, 2.45) is 5.84 Å². The highest BCUT2D eigenvalue weighted by Crippen LogP contribution is 2.37. The van der Waals surface area contributed by atoms with Gasteiger partial charge in [-0.25, -0.2) is 5.84 Å². The van der Waals surface area contributed by atoms with E-state index >= 15 is 0 Å². The van der Waals surface area contributed by atoms with Crippen LogP contribution in [-0.4, -0.2) is 12.5 Å². The molecule has 74 valence electrons. The lowest BCUT2D eigenvalue weighted by Crippen LogP contribution is -2.42. The summed E-state index contributed by atoms with van der Waals surface area (Å²) in [7, 11) is 0. The van der Waals surface area contributed by atoms with E-state index in [0.717, 1.165) is 0 Å². The zero-order chi connectivity index (χ0) is 10.3. The number of benzene rings is 1. The molecule has 0 aromatic heterocycles. The Kier molecular flexibility index (Phi) is 2.26. The largest absolute Gasteiger partial charge is 0.321 e. The van der Waals surface area contributed by atoms with Crippen LogP contribution in [0.5, 0.6) is 0 Å². The fourth-order valence-electron chi connectivity index (χ4n) is 1.33. The predicted octanol–water partition coefficient (Wildman–Crippen LogP) is 1.63. The van der Waals surface area contributed by atoms with E-state index < -0.39 is 0 Å². The maximum absolute atomic E-state index is 11.1. The minimum Gasteiger partial charge on any atom is -0.321 e. The first-order chi connectivity index (χ1) is 6.58. The first-order valence-electron chi connectivity index (χ1n) is 3.89. The summed E-state index contributed by atoms with van der Waals surface area (Å²) >= 11 is 11.7. The standard InChI is InChI=1S/C8H7Cl2N3O/c9-4-1-5(10)8-6(2-4)13(11)3-7(14)12-8/h1-2H,3,11H2,(H,12,14). The second-order valence-electron chi connectivity index (χ2n) is 2.96. The third kappa shape index (κ3) is 1.52. The van der Waals surface area contributed by atoms with Crippen molar-refractivity contribution in [2.45, 2.75) is 0 Å². The van der Waals surface area contributed by atoms with Gasteiger partial charge in [-0.2, -0.15) is 0 Å². The molecule has 0 bridgehead atoms. The van der Waals surface area contributed by atoms with Crippen LogP contribution in [0.15, 0.2) is 12.1 Å². The number of carbonyl (C=O) groups is 1. The zero-order valence-electron chi connectivity index (χ0n) is 7.05. The number of halogens is 2. The number of hydrogen-bond donors (Lipinski definition) is 2. The van der Waals surface area contributed by atoms with E-state index in [0.29, 0.717) is 21.4 Å². The molecule has 1 aliphatic rings. The van der Waals surface area contributed by atoms with Crippen LogP contribution in [0.4, 0.5) is 11.4 Å². The SMILES string of the molecule is NN1CC(=O)Nc2c(Cl)cc(Cl)cc21. The van der Waals surface area contributed by atoms with E-state index in [1.165, 1.54) is 5.01 Å². The molecule has 1 aromatic carbocycles. The number of nitrogens with two attached hydrogens (primary N) is 1. The zero-order valence-corrected chi connectivity index (χ0v) is 8.56. The maximum atomic E-state index is 11.1. The van der Waals surface area contributed by atoms with Crippen molar-refractivity contribution in [3.05, 3.63) is 22.2 Å². The Morgan fingerprint density at radius 1 is 1.43 bits per heavy atom. The molecule has 1 aromatic rings. The van der Waals surface area contributed by atoms with Gasteiger partial charge in [0.25, 0.3) is 0 Å². The maximum Gasteiger partial charge on any atom is 0.245 e. The van der Waals surface area contributed by atoms with Crippen LogP contribution in [0.3, 0.4) is 0 Å². The molecule has 0 saturated carbocycles. The molecular formula is C8H7Cl2N3O. The van der Waals surface area contributed by atoms with Crippen molar-refractivity contribution in [3.8, 4) is 0 Å². The summed E-state index contributed by atoms with van der Waals surface area (Å²) < 4.78 is 0. The van der Waals surface area contributed by atoms with Crippen LogP contribution in [0.2, 0.25) is 10.0 Å². The van der Waals surface area contributed by atoms with Crippen molar-refractivity contribution in [3.63, 3.8) is 0 Å². The van der Waals surface area contributed by atoms with Crippen molar-refractivity contribution >= 4 is 40.5 Å². The molecule has 0 atom stereocenters. The van der Waals surface area contributed by atoms with Gasteiger partial charge < -0.3 is 5.32 Å². The van der Waals surface area contributed by atoms with E-state index in [1.54, 1.807) is 12.1 Å². The second-order valence-corrected chi connectivity index (χ2v) is 3.80. The summed E-state index contributed by atoms with van der Waals surface area (Å²) in [6.45, 7) is 0.101. The van der Waals surface area contributed by atoms with Crippen molar-refractivity contribution in [1.82, 2.24) is 0 Å². The van der Waals surface area contributed by atoms with Gasteiger partial charge in [-0.15, -0.1) is 0 Å². The Morgan fingerprint density at radius 3 is 2.86 bits per heavy atom. The topological polar surface area (TPSA) is 58.4 Å². The van der Waals surface area contributed by atoms with Crippen LogP contribution in [0, 0.1) is 0 Å². The first-order valence-corrected chi connectivity index (χ1v) is 4.64. The summed E-state index contributed by atoms with van der Waals surface area (Å²) in [4.78, 5) is 11.1. The fraction of sp³-hybridized carbons (Fsp3) is 0.125. The summed E-state index contributed by atoms with van der Waals surface area (Å²) in [5, 5.41) is 4.82. The van der Waals surface area contributed by atoms with E-state index in [4.69, 9.17) is 29.0 Å². The second kappa shape index (κ2) is 3.31. The molecule has 0 radical (unpaired) electrons. The number of hydrogen-bond acceptors (Lipinski definition) is 3. The van der Waals surface area contributed by atoms with Crippen LogP contribution in [0.1, 0.15) is 0 Å². The first kappa shape index (κ1) is 9.58. The highest BCUT2D eigenvalue weighted by Gasteiger charge is 2.22. The lowest BCUT2D eigenvalue weighted by Gasteiger charge is -2.27. The molecule has 0 aliphatic carbocycles. The van der Waals surface area contributed by atoms with Crippen LogP contribution in [-0.2, 0) is 4.79 Å². The molecule has 0 spiro atoms. The van der Waals surface area contributed by atoms with Gasteiger partial charge in [0.2, 0.25) is 5.91 Å². The van der Waals surface area contributed by atoms with Crippen LogP contribution >= 0.6 is 23.2 Å². The quantitative estimate of drug-likeness (QED) is 0.668. The van der Waals surface area contributed by atoms with Gasteiger partial charge in [0.1, 0.15) is 6.54 Å². The third-order valence-corrected chi connectivity index (χ3v) is 2.44. The molecule has 1 amide bonds. The summed E-state index contributed by atoms with van der Waals surface area (Å²) in [5.41, 5.74) is 1.14. The van der Waals surface area contributed by atoms with Crippen LogP contribution in [0.25, 0.3) is 0 Å². The molecular weight excluding hydrogens is 225 g/mol. The van der Waals surface area contributed by atoms with Crippen LogP contribution < -0.4 is 16.2 Å². The molecule has 0 unspecified atom stereocenters. The van der Waals surface area contributed by atoms with E-state index in [1.807, 2.05) is 0 Å². The summed E-state index contributed by atoms with van der Waals surface area (Å²) in [6, 6.07) is 3.21. The molecule has 1 heterocycles. The number of anilines is 2. The number of nitrogens with zero attached hydrogens (tertiary/aromatic N) is 1. The predicted molar refractivity (Wildman–Crippen MR) is 56.6 cm³/mol. The van der Waals surface area contributed by atoms with Crippen molar-refractivity contribution in [1.29, 1.82) is 0 Å². The Morgan fingerprint density at radius 2 is 2.14 bits per heavy atom. The minimum absolute atomic E-state index is 0.101. The van der Waals surface area contributed by atoms with Gasteiger partial charge in [0, 0.05) is 5.02 Å². The average Bonchev–Trinajstić information content (AvgIpc) is 2.07. The van der Waals surface area contributed by atoms with Gasteiger partial charge in [-0.05, 0) is 12.1 Å². The molecule has 14 heavy (non-hydrogen) atoms. The molecule has 0 saturated heterocycles. The summed E-state index contributed by atoms with van der Waals surface area (Å²) in [5.74, 6) is 5.44. The fourth-order valence-corrected chi connectivity index (χ4v) is 1.86. The monoisotopic (exact) mass is 231 g/mol. The molecule has 4 nitrogen and oxygen atoms in total. The highest BCUT2D eigenvalue weighted by atomic mass is 35.5. The van der Waals surface area contributed by atoms with E-state index in [9.17, 15) is 4.79 Å².